The van der Waals surface area contributed by atoms with Crippen molar-refractivity contribution in [2.45, 2.75) is 44.7 Å². The van der Waals surface area contributed by atoms with Crippen molar-refractivity contribution >= 4 is 5.96 Å². The first-order valence-corrected chi connectivity index (χ1v) is 6.34. The fourth-order valence-corrected chi connectivity index (χ4v) is 2.34. The Bertz CT molecular complexity index is 268. The van der Waals surface area contributed by atoms with Gasteiger partial charge in [0, 0.05) is 25.2 Å². The van der Waals surface area contributed by atoms with Gasteiger partial charge in [-0.05, 0) is 47.2 Å². The number of hydrogen-bond acceptors (Lipinski definition) is 3. The summed E-state index contributed by atoms with van der Waals surface area (Å²) in [5.41, 5.74) is 3.00. The lowest BCUT2D eigenvalue weighted by atomic mass is 9.75. The number of hydrogen-bond donors (Lipinski definition) is 2. The lowest BCUT2D eigenvalue weighted by Crippen LogP contribution is -2.59. The van der Waals surface area contributed by atoms with E-state index in [0.717, 1.165) is 12.5 Å². The monoisotopic (exact) mass is 241 g/mol. The molecule has 3 N–H and O–H groups in total. The Balaban J connectivity index is 2.66. The van der Waals surface area contributed by atoms with Crippen LogP contribution >= 0.6 is 0 Å². The van der Waals surface area contributed by atoms with Gasteiger partial charge in [0.15, 0.2) is 0 Å². The summed E-state index contributed by atoms with van der Waals surface area (Å²) < 4.78 is 0. The van der Waals surface area contributed by atoms with Crippen molar-refractivity contribution in [3.63, 3.8) is 0 Å². The lowest BCUT2D eigenvalue weighted by Gasteiger charge is -2.49. The summed E-state index contributed by atoms with van der Waals surface area (Å²) in [5, 5.41) is 0. The quantitative estimate of drug-likeness (QED) is 0.328. The summed E-state index contributed by atoms with van der Waals surface area (Å²) >= 11 is 0. The summed E-state index contributed by atoms with van der Waals surface area (Å²) in [6, 6.07) is 0.250. The predicted octanol–water partition coefficient (Wildman–Crippen LogP) is 0.630. The molecule has 0 saturated heterocycles. The number of nitrogens with zero attached hydrogens (tertiary/aromatic N) is 3. The molecule has 0 aromatic rings. The summed E-state index contributed by atoms with van der Waals surface area (Å²) in [6.45, 7) is 5.07. The van der Waals surface area contributed by atoms with E-state index in [2.05, 4.69) is 48.2 Å². The molecular formula is C12H27N5. The molecule has 17 heavy (non-hydrogen) atoms. The minimum Gasteiger partial charge on any atom is -0.343 e. The van der Waals surface area contributed by atoms with Crippen molar-refractivity contribution in [2.75, 3.05) is 27.7 Å². The molecule has 0 radical (unpaired) electrons. The molecule has 5 nitrogen and oxygen atoms in total. The largest absolute Gasteiger partial charge is 0.343 e. The Morgan fingerprint density at radius 3 is 2.24 bits per heavy atom. The third-order valence-corrected chi connectivity index (χ3v) is 3.64. The predicted molar refractivity (Wildman–Crippen MR) is 72.8 cm³/mol. The summed E-state index contributed by atoms with van der Waals surface area (Å²) in [6.07, 6.45) is 3.83. The number of aliphatic imine (C=N–C) groups is 1. The van der Waals surface area contributed by atoms with E-state index in [4.69, 9.17) is 5.84 Å². The van der Waals surface area contributed by atoms with Crippen LogP contribution in [-0.2, 0) is 0 Å². The molecular weight excluding hydrogens is 214 g/mol. The number of nitrogens with one attached hydrogen (secondary N) is 1. The molecule has 0 aromatic carbocycles. The second kappa shape index (κ2) is 5.69. The van der Waals surface area contributed by atoms with E-state index >= 15 is 0 Å². The maximum absolute atomic E-state index is 5.54. The van der Waals surface area contributed by atoms with E-state index in [1.807, 2.05) is 7.05 Å². The molecule has 0 atom stereocenters. The van der Waals surface area contributed by atoms with Crippen LogP contribution in [0, 0.1) is 0 Å². The van der Waals surface area contributed by atoms with Gasteiger partial charge in [-0.25, -0.2) is 10.8 Å². The van der Waals surface area contributed by atoms with Crippen LogP contribution in [0.5, 0.6) is 0 Å². The zero-order valence-corrected chi connectivity index (χ0v) is 11.8. The van der Waals surface area contributed by atoms with Crippen molar-refractivity contribution in [1.29, 1.82) is 0 Å². The minimum absolute atomic E-state index is 0.250. The number of likely N-dealkylation sites (N-methyl/N-ethyl adjacent to an activating group) is 2. The van der Waals surface area contributed by atoms with Crippen molar-refractivity contribution in [2.24, 2.45) is 10.8 Å². The van der Waals surface area contributed by atoms with Crippen molar-refractivity contribution < 1.29 is 0 Å². The van der Waals surface area contributed by atoms with Gasteiger partial charge in [-0.2, -0.15) is 0 Å². The van der Waals surface area contributed by atoms with Crippen LogP contribution < -0.4 is 11.3 Å². The van der Waals surface area contributed by atoms with Crippen LogP contribution in [0.25, 0.3) is 0 Å². The number of guanidine groups is 1. The van der Waals surface area contributed by atoms with Crippen molar-refractivity contribution in [3.8, 4) is 0 Å². The molecule has 100 valence electrons. The highest BCUT2D eigenvalue weighted by molar-refractivity contribution is 5.79. The molecule has 1 saturated carbocycles. The zero-order valence-electron chi connectivity index (χ0n) is 11.8. The molecule has 1 rings (SSSR count). The smallest absolute Gasteiger partial charge is 0.208 e. The Kier molecular flexibility index (Phi) is 4.77. The second-order valence-electron chi connectivity index (χ2n) is 5.52. The molecule has 0 unspecified atom stereocenters. The van der Waals surface area contributed by atoms with Gasteiger partial charge in [-0.15, -0.1) is 0 Å². The van der Waals surface area contributed by atoms with Crippen LogP contribution in [0.3, 0.4) is 0 Å². The first-order valence-electron chi connectivity index (χ1n) is 6.34. The van der Waals surface area contributed by atoms with E-state index in [1.165, 1.54) is 19.3 Å². The van der Waals surface area contributed by atoms with E-state index in [0.29, 0.717) is 5.54 Å². The van der Waals surface area contributed by atoms with Gasteiger partial charge < -0.3 is 9.80 Å². The number of nitrogens with two attached hydrogens (primary N) is 1. The van der Waals surface area contributed by atoms with Crippen LogP contribution in [0.2, 0.25) is 0 Å². The average molecular weight is 241 g/mol. The molecule has 5 heteroatoms. The Morgan fingerprint density at radius 1 is 1.35 bits per heavy atom. The normalized spacial score (nSPS) is 19.4. The molecule has 1 aliphatic rings. The van der Waals surface area contributed by atoms with Gasteiger partial charge >= 0.3 is 0 Å². The molecule has 0 amide bonds. The molecule has 1 fully saturated rings. The van der Waals surface area contributed by atoms with Crippen LogP contribution in [0.4, 0.5) is 0 Å². The number of rotatable bonds is 4. The highest BCUT2D eigenvalue weighted by Gasteiger charge is 2.40. The highest BCUT2D eigenvalue weighted by Crippen LogP contribution is 2.36. The topological polar surface area (TPSA) is 56.9 Å². The van der Waals surface area contributed by atoms with Gasteiger partial charge in [0.1, 0.15) is 0 Å². The Hall–Kier alpha value is -0.810. The molecule has 0 aliphatic heterocycles. The van der Waals surface area contributed by atoms with E-state index in [9.17, 15) is 0 Å². The SMILES string of the molecule is CC(C)N=C(NN)N(C)CC1(N(C)C)CCC1. The van der Waals surface area contributed by atoms with Gasteiger partial charge in [0.25, 0.3) is 0 Å². The van der Waals surface area contributed by atoms with Gasteiger partial charge in [-0.1, -0.05) is 0 Å². The van der Waals surface area contributed by atoms with Gasteiger partial charge in [0.05, 0.1) is 0 Å². The van der Waals surface area contributed by atoms with Crippen LogP contribution in [0.15, 0.2) is 4.99 Å². The van der Waals surface area contributed by atoms with Gasteiger partial charge in [-0.3, -0.25) is 5.43 Å². The highest BCUT2D eigenvalue weighted by atomic mass is 15.4. The average Bonchev–Trinajstić information content (AvgIpc) is 2.18. The van der Waals surface area contributed by atoms with Crippen molar-refractivity contribution in [1.82, 2.24) is 15.2 Å². The maximum Gasteiger partial charge on any atom is 0.208 e. The molecule has 0 heterocycles. The number of hydrazine groups is 1. The Labute approximate surface area is 105 Å². The Morgan fingerprint density at radius 2 is 1.94 bits per heavy atom. The van der Waals surface area contributed by atoms with Gasteiger partial charge in [0.2, 0.25) is 5.96 Å². The fourth-order valence-electron chi connectivity index (χ4n) is 2.34. The fraction of sp³-hybridized carbons (Fsp3) is 0.917. The molecule has 1 aliphatic carbocycles. The first-order chi connectivity index (χ1) is 7.91. The summed E-state index contributed by atoms with van der Waals surface area (Å²) in [7, 11) is 6.36. The third kappa shape index (κ3) is 3.33. The molecule has 0 aromatic heterocycles. The van der Waals surface area contributed by atoms with E-state index < -0.39 is 0 Å². The summed E-state index contributed by atoms with van der Waals surface area (Å²) in [4.78, 5) is 8.94. The standard InChI is InChI=1S/C12H27N5/c1-10(2)14-11(15-13)17(5)9-12(16(3)4)7-6-8-12/h10H,6-9,13H2,1-5H3,(H,14,15). The summed E-state index contributed by atoms with van der Waals surface area (Å²) in [5.74, 6) is 6.31. The minimum atomic E-state index is 0.250. The zero-order chi connectivity index (χ0) is 13.1. The van der Waals surface area contributed by atoms with Crippen LogP contribution in [0.1, 0.15) is 33.1 Å². The first kappa shape index (κ1) is 14.3. The lowest BCUT2D eigenvalue weighted by molar-refractivity contribution is 0.0423. The van der Waals surface area contributed by atoms with Crippen LogP contribution in [-0.4, -0.2) is 55.0 Å². The molecule has 0 spiro atoms. The van der Waals surface area contributed by atoms with E-state index in [1.54, 1.807) is 0 Å². The maximum atomic E-state index is 5.54. The third-order valence-electron chi connectivity index (χ3n) is 3.64. The van der Waals surface area contributed by atoms with E-state index in [-0.39, 0.29) is 6.04 Å². The molecule has 0 bridgehead atoms. The van der Waals surface area contributed by atoms with Crippen molar-refractivity contribution in [3.05, 3.63) is 0 Å². The second-order valence-corrected chi connectivity index (χ2v) is 5.52.